The van der Waals surface area contributed by atoms with Crippen molar-refractivity contribution in [2.75, 3.05) is 13.7 Å². The summed E-state index contributed by atoms with van der Waals surface area (Å²) in [5.41, 5.74) is -0.558. The van der Waals surface area contributed by atoms with Crippen LogP contribution in [0.4, 0.5) is 0 Å². The number of aliphatic hydroxyl groups is 2. The van der Waals surface area contributed by atoms with Crippen LogP contribution < -0.4 is 0 Å². The molecule has 0 unspecified atom stereocenters. The molecule has 0 aromatic rings. The zero-order chi connectivity index (χ0) is 14.6. The van der Waals surface area contributed by atoms with Crippen LogP contribution >= 0.6 is 0 Å². The topological polar surface area (TPSA) is 58.9 Å². The maximum atomic E-state index is 11.5. The number of methoxy groups -OCH3 is 1. The minimum absolute atomic E-state index is 0.0225. The van der Waals surface area contributed by atoms with Gasteiger partial charge < -0.3 is 19.7 Å². The Hall–Kier alpha value is -0.420. The van der Waals surface area contributed by atoms with Gasteiger partial charge in [0.25, 0.3) is 0 Å². The second-order valence-corrected chi connectivity index (χ2v) is 7.08. The van der Waals surface area contributed by atoms with Crippen LogP contribution in [0, 0.1) is 11.3 Å². The van der Waals surface area contributed by atoms with Gasteiger partial charge in [0.2, 0.25) is 0 Å². The predicted octanol–water partition coefficient (Wildman–Crippen LogP) is 2.00. The molecule has 114 valence electrons. The van der Waals surface area contributed by atoms with Crippen LogP contribution in [0.25, 0.3) is 0 Å². The summed E-state index contributed by atoms with van der Waals surface area (Å²) in [7, 11) is 1.64. The first-order valence-corrected chi connectivity index (χ1v) is 7.61. The summed E-state index contributed by atoms with van der Waals surface area (Å²) in [4.78, 5) is 0. The first kappa shape index (κ1) is 14.5. The highest BCUT2D eigenvalue weighted by Crippen LogP contribution is 2.65. The van der Waals surface area contributed by atoms with E-state index in [9.17, 15) is 10.2 Å². The summed E-state index contributed by atoms with van der Waals surface area (Å²) in [6.07, 6.45) is 6.01. The minimum Gasteiger partial charge on any atom is -0.393 e. The van der Waals surface area contributed by atoms with Crippen molar-refractivity contribution in [1.82, 2.24) is 0 Å². The number of ether oxygens (including phenoxy) is 2. The van der Waals surface area contributed by atoms with E-state index in [1.165, 1.54) is 5.57 Å². The summed E-state index contributed by atoms with van der Waals surface area (Å²) < 4.78 is 11.7. The molecule has 2 bridgehead atoms. The van der Waals surface area contributed by atoms with Gasteiger partial charge in [-0.3, -0.25) is 0 Å². The standard InChI is InChI=1S/C16H26O4/c1-11-4-7-15-8-6-12(16(15,18)9-5-11)14(2,10-17)20-13(15)19-3/h4,12-13,17-18H,5-10H2,1-3H3/t12-,13+,14+,15+,16-/m0/s1. The van der Waals surface area contributed by atoms with Crippen molar-refractivity contribution in [3.8, 4) is 0 Å². The van der Waals surface area contributed by atoms with Crippen LogP contribution in [0.5, 0.6) is 0 Å². The lowest BCUT2D eigenvalue weighted by molar-refractivity contribution is -0.346. The van der Waals surface area contributed by atoms with Crippen LogP contribution in [0.2, 0.25) is 0 Å². The zero-order valence-corrected chi connectivity index (χ0v) is 12.7. The average Bonchev–Trinajstić information content (AvgIpc) is 2.57. The molecule has 20 heavy (non-hydrogen) atoms. The summed E-state index contributed by atoms with van der Waals surface area (Å²) >= 11 is 0. The van der Waals surface area contributed by atoms with E-state index in [0.717, 1.165) is 32.1 Å². The second kappa shape index (κ2) is 4.54. The van der Waals surface area contributed by atoms with Gasteiger partial charge in [-0.05, 0) is 46.0 Å². The molecule has 3 rings (SSSR count). The fraction of sp³-hybridized carbons (Fsp3) is 0.875. The smallest absolute Gasteiger partial charge is 0.166 e. The van der Waals surface area contributed by atoms with Gasteiger partial charge in [-0.25, -0.2) is 0 Å². The summed E-state index contributed by atoms with van der Waals surface area (Å²) in [6, 6.07) is 0. The van der Waals surface area contributed by atoms with Crippen molar-refractivity contribution in [3.63, 3.8) is 0 Å². The Balaban J connectivity index is 2.10. The molecule has 0 aromatic carbocycles. The molecule has 2 aliphatic carbocycles. The minimum atomic E-state index is -0.808. The van der Waals surface area contributed by atoms with Gasteiger partial charge in [0.15, 0.2) is 6.29 Å². The van der Waals surface area contributed by atoms with Gasteiger partial charge in [-0.1, -0.05) is 11.6 Å². The van der Waals surface area contributed by atoms with Gasteiger partial charge in [0.05, 0.1) is 23.2 Å². The van der Waals surface area contributed by atoms with E-state index in [-0.39, 0.29) is 17.9 Å². The van der Waals surface area contributed by atoms with E-state index < -0.39 is 17.5 Å². The zero-order valence-electron chi connectivity index (χ0n) is 12.7. The molecule has 5 atom stereocenters. The average molecular weight is 282 g/mol. The number of hydrogen-bond donors (Lipinski definition) is 2. The van der Waals surface area contributed by atoms with Crippen LogP contribution in [0.1, 0.15) is 46.0 Å². The lowest BCUT2D eigenvalue weighted by Gasteiger charge is -2.57. The van der Waals surface area contributed by atoms with Crippen molar-refractivity contribution in [2.24, 2.45) is 11.3 Å². The number of rotatable bonds is 2. The van der Waals surface area contributed by atoms with Crippen LogP contribution in [-0.4, -0.2) is 41.4 Å². The van der Waals surface area contributed by atoms with E-state index in [2.05, 4.69) is 13.0 Å². The lowest BCUT2D eigenvalue weighted by atomic mass is 9.62. The highest BCUT2D eigenvalue weighted by molar-refractivity contribution is 5.22. The molecule has 0 amide bonds. The van der Waals surface area contributed by atoms with Crippen molar-refractivity contribution < 1.29 is 19.7 Å². The van der Waals surface area contributed by atoms with Crippen LogP contribution in [-0.2, 0) is 9.47 Å². The quantitative estimate of drug-likeness (QED) is 0.761. The van der Waals surface area contributed by atoms with Gasteiger partial charge in [-0.2, -0.15) is 0 Å². The molecule has 1 saturated carbocycles. The summed E-state index contributed by atoms with van der Waals surface area (Å²) in [5, 5.41) is 21.3. The van der Waals surface area contributed by atoms with Crippen molar-refractivity contribution in [3.05, 3.63) is 11.6 Å². The summed E-state index contributed by atoms with van der Waals surface area (Å²) in [5.74, 6) is -0.0225. The molecule has 2 fully saturated rings. The number of aliphatic hydroxyl groups excluding tert-OH is 1. The Kier molecular flexibility index (Phi) is 3.29. The molecule has 4 nitrogen and oxygen atoms in total. The summed E-state index contributed by atoms with van der Waals surface area (Å²) in [6.45, 7) is 3.95. The van der Waals surface area contributed by atoms with Crippen molar-refractivity contribution in [2.45, 2.75) is 63.4 Å². The monoisotopic (exact) mass is 282 g/mol. The molecule has 3 aliphatic rings. The molecule has 4 heteroatoms. The maximum Gasteiger partial charge on any atom is 0.166 e. The predicted molar refractivity (Wildman–Crippen MR) is 75.1 cm³/mol. The first-order chi connectivity index (χ1) is 9.42. The third-order valence-corrected chi connectivity index (χ3v) is 6.13. The highest BCUT2D eigenvalue weighted by Gasteiger charge is 2.71. The van der Waals surface area contributed by atoms with E-state index in [4.69, 9.17) is 9.47 Å². The van der Waals surface area contributed by atoms with Gasteiger partial charge >= 0.3 is 0 Å². The fourth-order valence-electron chi connectivity index (χ4n) is 4.84. The molecule has 2 N–H and O–H groups in total. The van der Waals surface area contributed by atoms with Crippen LogP contribution in [0.3, 0.4) is 0 Å². The Labute approximate surface area is 120 Å². The Morgan fingerprint density at radius 1 is 1.45 bits per heavy atom. The third-order valence-electron chi connectivity index (χ3n) is 6.13. The van der Waals surface area contributed by atoms with E-state index in [1.54, 1.807) is 7.11 Å². The lowest BCUT2D eigenvalue weighted by Crippen LogP contribution is -2.67. The third kappa shape index (κ3) is 1.62. The molecular weight excluding hydrogens is 256 g/mol. The molecule has 1 heterocycles. The molecular formula is C16H26O4. The Morgan fingerprint density at radius 3 is 2.85 bits per heavy atom. The maximum absolute atomic E-state index is 11.5. The number of allylic oxidation sites excluding steroid dienone is 2. The first-order valence-electron chi connectivity index (χ1n) is 7.61. The van der Waals surface area contributed by atoms with Crippen molar-refractivity contribution in [1.29, 1.82) is 0 Å². The molecule has 0 radical (unpaired) electrons. The molecule has 0 aromatic heterocycles. The van der Waals surface area contributed by atoms with Gasteiger partial charge in [0, 0.05) is 13.0 Å². The Bertz CT molecular complexity index is 434. The van der Waals surface area contributed by atoms with Gasteiger partial charge in [0.1, 0.15) is 0 Å². The largest absolute Gasteiger partial charge is 0.393 e. The molecule has 0 spiro atoms. The highest BCUT2D eigenvalue weighted by atomic mass is 16.7. The number of hydrogen-bond acceptors (Lipinski definition) is 4. The van der Waals surface area contributed by atoms with E-state index >= 15 is 0 Å². The Morgan fingerprint density at radius 2 is 2.20 bits per heavy atom. The SMILES string of the molecule is CO[C@@H]1O[C@](C)(CO)[C@@H]2CC[C@]13CC=C(C)CC[C@]23O. The van der Waals surface area contributed by atoms with Crippen molar-refractivity contribution >= 4 is 0 Å². The fourth-order valence-corrected chi connectivity index (χ4v) is 4.84. The van der Waals surface area contributed by atoms with Gasteiger partial charge in [-0.15, -0.1) is 0 Å². The normalized spacial score (nSPS) is 51.4. The molecule has 1 aliphatic heterocycles. The van der Waals surface area contributed by atoms with Crippen LogP contribution in [0.15, 0.2) is 11.6 Å². The van der Waals surface area contributed by atoms with E-state index in [0.29, 0.717) is 0 Å². The van der Waals surface area contributed by atoms with E-state index in [1.807, 2.05) is 6.92 Å². The molecule has 1 saturated heterocycles. The second-order valence-electron chi connectivity index (χ2n) is 7.08.